The summed E-state index contributed by atoms with van der Waals surface area (Å²) in [6.07, 6.45) is 1.11. The van der Waals surface area contributed by atoms with Gasteiger partial charge in [-0.15, -0.1) is 0 Å². The van der Waals surface area contributed by atoms with Gasteiger partial charge in [0.25, 0.3) is 0 Å². The normalized spacial score (nSPS) is 13.4. The Hall–Kier alpha value is -3.01. The maximum absolute atomic E-state index is 12.6. The first kappa shape index (κ1) is 13.9. The Labute approximate surface area is 127 Å². The van der Waals surface area contributed by atoms with Gasteiger partial charge in [0.2, 0.25) is 5.78 Å². The van der Waals surface area contributed by atoms with E-state index in [1.54, 1.807) is 48.5 Å². The summed E-state index contributed by atoms with van der Waals surface area (Å²) in [6, 6.07) is 13.1. The second kappa shape index (κ2) is 5.41. The fourth-order valence-corrected chi connectivity index (χ4v) is 2.46. The fourth-order valence-electron chi connectivity index (χ4n) is 2.46. The van der Waals surface area contributed by atoms with Gasteiger partial charge in [-0.3, -0.25) is 14.4 Å². The first-order valence-electron chi connectivity index (χ1n) is 6.71. The van der Waals surface area contributed by atoms with Gasteiger partial charge in [-0.2, -0.15) is 0 Å². The van der Waals surface area contributed by atoms with Crippen molar-refractivity contribution < 1.29 is 19.1 Å². The number of carbonyl (C=O) groups is 3. The average Bonchev–Trinajstić information content (AvgIpc) is 2.57. The third-order valence-corrected chi connectivity index (χ3v) is 3.55. The zero-order valence-electron chi connectivity index (χ0n) is 11.8. The van der Waals surface area contributed by atoms with Gasteiger partial charge in [-0.05, 0) is 12.1 Å². The zero-order chi connectivity index (χ0) is 15.7. The molecular formula is C18H12O4. The topological polar surface area (TPSA) is 60.4 Å². The number of hydrogen-bond donors (Lipinski definition) is 0. The van der Waals surface area contributed by atoms with E-state index in [0.29, 0.717) is 11.3 Å². The molecule has 0 bridgehead atoms. The maximum Gasteiger partial charge on any atom is 0.200 e. The highest BCUT2D eigenvalue weighted by Crippen LogP contribution is 2.27. The molecular weight excluding hydrogens is 280 g/mol. The van der Waals surface area contributed by atoms with Crippen molar-refractivity contribution in [3.8, 4) is 5.75 Å². The number of Topliss-reactive ketones (excluding diaryl/α,β-unsaturated/α-hetero) is 2. The molecule has 0 atom stereocenters. The molecule has 3 rings (SSSR count). The van der Waals surface area contributed by atoms with Gasteiger partial charge in [-0.25, -0.2) is 0 Å². The number of ether oxygens (including phenoxy) is 1. The Morgan fingerprint density at radius 1 is 0.909 bits per heavy atom. The number of ketones is 3. The minimum atomic E-state index is -0.509. The van der Waals surface area contributed by atoms with Crippen LogP contribution in [0.2, 0.25) is 0 Å². The van der Waals surface area contributed by atoms with Gasteiger partial charge in [0.1, 0.15) is 5.75 Å². The molecule has 2 aromatic rings. The second-order valence-corrected chi connectivity index (χ2v) is 4.83. The molecule has 0 radical (unpaired) electrons. The predicted octanol–water partition coefficient (Wildman–Crippen LogP) is 2.88. The van der Waals surface area contributed by atoms with E-state index in [1.165, 1.54) is 7.11 Å². The van der Waals surface area contributed by atoms with E-state index in [-0.39, 0.29) is 22.5 Å². The summed E-state index contributed by atoms with van der Waals surface area (Å²) in [6.45, 7) is 0. The Kier molecular flexibility index (Phi) is 3.43. The predicted molar refractivity (Wildman–Crippen MR) is 80.5 cm³/mol. The van der Waals surface area contributed by atoms with Crippen LogP contribution in [0.1, 0.15) is 31.1 Å². The number of benzene rings is 2. The number of allylic oxidation sites excluding steroid dienone is 2. The van der Waals surface area contributed by atoms with Crippen molar-refractivity contribution in [1.82, 2.24) is 0 Å². The molecule has 22 heavy (non-hydrogen) atoms. The van der Waals surface area contributed by atoms with Crippen LogP contribution >= 0.6 is 0 Å². The van der Waals surface area contributed by atoms with Crippen molar-refractivity contribution in [3.63, 3.8) is 0 Å². The Morgan fingerprint density at radius 3 is 2.27 bits per heavy atom. The van der Waals surface area contributed by atoms with Crippen LogP contribution in [-0.4, -0.2) is 24.5 Å². The quantitative estimate of drug-likeness (QED) is 0.644. The molecule has 0 amide bonds. The van der Waals surface area contributed by atoms with Crippen LogP contribution < -0.4 is 4.74 Å². The standard InChI is InChI=1S/C18H12O4/c1-22-16-9-5-4-8-13(16)18(21)14-10-15(19)11-6-2-3-7-12(11)17(14)20/h2-10H,1H3. The second-order valence-electron chi connectivity index (χ2n) is 4.83. The third-order valence-electron chi connectivity index (χ3n) is 3.55. The van der Waals surface area contributed by atoms with E-state index in [4.69, 9.17) is 4.74 Å². The lowest BCUT2D eigenvalue weighted by molar-refractivity contribution is 0.0933. The average molecular weight is 292 g/mol. The van der Waals surface area contributed by atoms with Crippen molar-refractivity contribution in [2.45, 2.75) is 0 Å². The number of para-hydroxylation sites is 1. The minimum absolute atomic E-state index is 0.131. The first-order valence-corrected chi connectivity index (χ1v) is 6.71. The molecule has 2 aromatic carbocycles. The van der Waals surface area contributed by atoms with Crippen molar-refractivity contribution in [2.75, 3.05) is 7.11 Å². The van der Waals surface area contributed by atoms with Crippen molar-refractivity contribution in [3.05, 3.63) is 76.9 Å². The molecule has 0 unspecified atom stereocenters. The molecule has 0 spiro atoms. The summed E-state index contributed by atoms with van der Waals surface area (Å²) in [5.74, 6) is -0.919. The van der Waals surface area contributed by atoms with Crippen molar-refractivity contribution in [1.29, 1.82) is 0 Å². The number of carbonyl (C=O) groups excluding carboxylic acids is 3. The van der Waals surface area contributed by atoms with E-state index in [9.17, 15) is 14.4 Å². The van der Waals surface area contributed by atoms with Crippen LogP contribution in [0, 0.1) is 0 Å². The van der Waals surface area contributed by atoms with E-state index >= 15 is 0 Å². The summed E-state index contributed by atoms with van der Waals surface area (Å²) in [4.78, 5) is 37.2. The van der Waals surface area contributed by atoms with Crippen LogP contribution in [0.3, 0.4) is 0 Å². The molecule has 0 aliphatic heterocycles. The largest absolute Gasteiger partial charge is 0.496 e. The maximum atomic E-state index is 12.6. The third kappa shape index (κ3) is 2.15. The molecule has 1 aliphatic carbocycles. The van der Waals surface area contributed by atoms with Gasteiger partial charge in [0.05, 0.1) is 18.2 Å². The lowest BCUT2D eigenvalue weighted by Crippen LogP contribution is -2.22. The van der Waals surface area contributed by atoms with Crippen LogP contribution in [0.4, 0.5) is 0 Å². The molecule has 0 saturated carbocycles. The van der Waals surface area contributed by atoms with E-state index in [2.05, 4.69) is 0 Å². The summed E-state index contributed by atoms with van der Waals surface area (Å²) >= 11 is 0. The zero-order valence-corrected chi connectivity index (χ0v) is 11.8. The van der Waals surface area contributed by atoms with Crippen LogP contribution in [0.25, 0.3) is 0 Å². The summed E-state index contributed by atoms with van der Waals surface area (Å²) in [5, 5.41) is 0. The molecule has 0 fully saturated rings. The lowest BCUT2D eigenvalue weighted by Gasteiger charge is -2.15. The smallest absolute Gasteiger partial charge is 0.200 e. The molecule has 0 N–H and O–H groups in total. The lowest BCUT2D eigenvalue weighted by atomic mass is 9.86. The summed E-state index contributed by atoms with van der Waals surface area (Å²) in [5.41, 5.74) is 0.710. The van der Waals surface area contributed by atoms with Crippen molar-refractivity contribution in [2.24, 2.45) is 0 Å². The molecule has 0 saturated heterocycles. The number of hydrogen-bond acceptors (Lipinski definition) is 4. The molecule has 1 aliphatic rings. The van der Waals surface area contributed by atoms with E-state index < -0.39 is 11.6 Å². The number of fused-ring (bicyclic) bond motifs is 1. The molecule has 0 aromatic heterocycles. The summed E-state index contributed by atoms with van der Waals surface area (Å²) in [7, 11) is 1.45. The van der Waals surface area contributed by atoms with Crippen LogP contribution in [-0.2, 0) is 0 Å². The molecule has 4 heteroatoms. The first-order chi connectivity index (χ1) is 10.6. The number of rotatable bonds is 3. The highest BCUT2D eigenvalue weighted by molar-refractivity contribution is 6.38. The van der Waals surface area contributed by atoms with Gasteiger partial charge in [-0.1, -0.05) is 36.4 Å². The van der Waals surface area contributed by atoms with Crippen molar-refractivity contribution >= 4 is 17.3 Å². The highest BCUT2D eigenvalue weighted by atomic mass is 16.5. The Morgan fingerprint density at radius 2 is 1.55 bits per heavy atom. The van der Waals surface area contributed by atoms with Gasteiger partial charge in [0.15, 0.2) is 11.6 Å². The molecule has 4 nitrogen and oxygen atoms in total. The van der Waals surface area contributed by atoms with Gasteiger partial charge >= 0.3 is 0 Å². The monoisotopic (exact) mass is 292 g/mol. The highest BCUT2D eigenvalue weighted by Gasteiger charge is 2.30. The van der Waals surface area contributed by atoms with Gasteiger partial charge < -0.3 is 4.74 Å². The van der Waals surface area contributed by atoms with Crippen LogP contribution in [0.15, 0.2) is 60.2 Å². The molecule has 108 valence electrons. The van der Waals surface area contributed by atoms with Gasteiger partial charge in [0, 0.05) is 17.2 Å². The Balaban J connectivity index is 2.08. The number of methoxy groups -OCH3 is 1. The minimum Gasteiger partial charge on any atom is -0.496 e. The Bertz CT molecular complexity index is 830. The SMILES string of the molecule is COc1ccccc1C(=O)C1=CC(=O)c2ccccc2C1=O. The van der Waals surface area contributed by atoms with E-state index in [0.717, 1.165) is 6.08 Å². The fraction of sp³-hybridized carbons (Fsp3) is 0.0556. The summed E-state index contributed by atoms with van der Waals surface area (Å²) < 4.78 is 5.14. The van der Waals surface area contributed by atoms with Crippen LogP contribution in [0.5, 0.6) is 5.75 Å². The van der Waals surface area contributed by atoms with E-state index in [1.807, 2.05) is 0 Å². The molecule has 0 heterocycles.